The number of carbonyl (C=O) groups is 1. The number of amides is 2. The molecule has 3 aromatic carbocycles. The van der Waals surface area contributed by atoms with Crippen molar-refractivity contribution in [1.29, 1.82) is 0 Å². The van der Waals surface area contributed by atoms with Crippen molar-refractivity contribution in [2.45, 2.75) is 22.8 Å². The summed E-state index contributed by atoms with van der Waals surface area (Å²) in [5, 5.41) is 6.72. The number of nitrogens with one attached hydrogen (secondary N) is 2. The van der Waals surface area contributed by atoms with Crippen LogP contribution in [0.5, 0.6) is 11.5 Å². The first-order valence-electron chi connectivity index (χ1n) is 12.8. The molecule has 0 aliphatic rings. The van der Waals surface area contributed by atoms with E-state index >= 15 is 0 Å². The summed E-state index contributed by atoms with van der Waals surface area (Å²) in [5.74, 6) is -2.58. The Kier molecular flexibility index (Phi) is 10.0. The lowest BCUT2D eigenvalue weighted by Crippen LogP contribution is -2.30. The third kappa shape index (κ3) is 8.35. The number of allylic oxidation sites excluding steroid dienone is 2. The molecule has 4 aromatic rings. The van der Waals surface area contributed by atoms with Crippen molar-refractivity contribution >= 4 is 46.2 Å². The largest absolute Gasteiger partial charge is 0.493 e. The van der Waals surface area contributed by atoms with Crippen molar-refractivity contribution in [1.82, 2.24) is 15.3 Å². The maximum Gasteiger partial charge on any atom is 0.323 e. The molecule has 0 radical (unpaired) electrons. The summed E-state index contributed by atoms with van der Waals surface area (Å²) >= 11 is 1.36. The minimum atomic E-state index is -3.24. The van der Waals surface area contributed by atoms with Gasteiger partial charge in [-0.15, -0.1) is 0 Å². The molecule has 2 N–H and O–H groups in total. The molecule has 2 amide bonds. The second kappa shape index (κ2) is 13.9. The number of fused-ring (bicyclic) bond motifs is 1. The Labute approximate surface area is 250 Å². The summed E-state index contributed by atoms with van der Waals surface area (Å²) in [6.07, 6.45) is 5.52. The average Bonchev–Trinajstić information content (AvgIpc) is 2.98. The van der Waals surface area contributed by atoms with Gasteiger partial charge in [0.05, 0.1) is 19.7 Å². The van der Waals surface area contributed by atoms with E-state index in [1.165, 1.54) is 55.5 Å². The number of alkyl halides is 2. The first-order valence-corrected chi connectivity index (χ1v) is 13.6. The molecule has 0 fully saturated rings. The van der Waals surface area contributed by atoms with Gasteiger partial charge in [-0.3, -0.25) is 4.99 Å². The number of anilines is 1. The van der Waals surface area contributed by atoms with Crippen LogP contribution in [0.3, 0.4) is 0 Å². The number of halogens is 3. The van der Waals surface area contributed by atoms with Crippen LogP contribution >= 0.6 is 11.8 Å². The van der Waals surface area contributed by atoms with Crippen molar-refractivity contribution in [3.05, 3.63) is 96.2 Å². The topological polar surface area (TPSA) is 97.7 Å². The van der Waals surface area contributed by atoms with Crippen molar-refractivity contribution in [3.63, 3.8) is 0 Å². The number of methoxy groups -OCH3 is 2. The molecule has 0 spiro atoms. The van der Waals surface area contributed by atoms with E-state index in [2.05, 4.69) is 25.6 Å². The number of hydrogen-bond acceptors (Lipinski definition) is 7. The zero-order valence-electron chi connectivity index (χ0n) is 23.7. The smallest absolute Gasteiger partial charge is 0.323 e. The van der Waals surface area contributed by atoms with Crippen LogP contribution in [0.1, 0.15) is 12.5 Å². The van der Waals surface area contributed by atoms with Crippen LogP contribution in [0, 0.1) is 5.82 Å². The fourth-order valence-corrected chi connectivity index (χ4v) is 4.83. The number of hydrogen-bond donors (Lipinski definition) is 2. The Hall–Kier alpha value is -4.84. The minimum absolute atomic E-state index is 0.0475. The number of carbonyl (C=O) groups excluding carboxylic acids is 1. The van der Waals surface area contributed by atoms with E-state index in [0.717, 1.165) is 16.4 Å². The monoisotopic (exact) mass is 607 g/mol. The molecule has 0 saturated heterocycles. The lowest BCUT2D eigenvalue weighted by molar-refractivity contribution is 0.101. The molecule has 43 heavy (non-hydrogen) atoms. The molecule has 8 nitrogen and oxygen atoms in total. The molecule has 0 aliphatic carbocycles. The highest BCUT2D eigenvalue weighted by atomic mass is 32.2. The molecule has 12 heteroatoms. The zero-order chi connectivity index (χ0) is 31.0. The van der Waals surface area contributed by atoms with Gasteiger partial charge in [0.1, 0.15) is 22.9 Å². The van der Waals surface area contributed by atoms with Gasteiger partial charge >= 0.3 is 6.03 Å². The van der Waals surface area contributed by atoms with E-state index in [-0.39, 0.29) is 5.70 Å². The molecular formula is C31H28F3N5O3S. The normalized spacial score (nSPS) is 12.4. The zero-order valence-corrected chi connectivity index (χ0v) is 24.5. The van der Waals surface area contributed by atoms with Gasteiger partial charge in [-0.25, -0.2) is 19.2 Å². The predicted octanol–water partition coefficient (Wildman–Crippen LogP) is 7.38. The number of benzene rings is 3. The third-order valence-electron chi connectivity index (χ3n) is 5.98. The Bertz CT molecular complexity index is 1700. The van der Waals surface area contributed by atoms with Crippen LogP contribution in [0.25, 0.3) is 17.0 Å². The van der Waals surface area contributed by atoms with Crippen LogP contribution in [-0.4, -0.2) is 48.9 Å². The summed E-state index contributed by atoms with van der Waals surface area (Å²) in [7, 11) is 4.33. The molecule has 0 unspecified atom stereocenters. The minimum Gasteiger partial charge on any atom is -0.493 e. The van der Waals surface area contributed by atoms with Gasteiger partial charge in [0.15, 0.2) is 11.5 Å². The molecule has 1 heterocycles. The Morgan fingerprint density at radius 2 is 1.74 bits per heavy atom. The SMILES string of the molecule is CN=C(/C=C(\C=C/c1ccc(F)cc1)NC(=O)Nc1cccc(Sc2ncnc3cc(OC)c(OC)cc23)c1)C(C)(F)F. The molecule has 1 aromatic heterocycles. The van der Waals surface area contributed by atoms with E-state index in [9.17, 15) is 18.0 Å². The number of nitrogens with zero attached hydrogens (tertiary/aromatic N) is 3. The van der Waals surface area contributed by atoms with Crippen LogP contribution < -0.4 is 20.1 Å². The average molecular weight is 608 g/mol. The molecule has 0 aliphatic heterocycles. The molecular weight excluding hydrogens is 579 g/mol. The quantitative estimate of drug-likeness (QED) is 0.111. The third-order valence-corrected chi connectivity index (χ3v) is 6.98. The highest BCUT2D eigenvalue weighted by Gasteiger charge is 2.27. The van der Waals surface area contributed by atoms with Crippen molar-refractivity contribution in [2.24, 2.45) is 4.99 Å². The Morgan fingerprint density at radius 1 is 1.02 bits per heavy atom. The number of aliphatic imine (C=N–C) groups is 1. The summed E-state index contributed by atoms with van der Waals surface area (Å²) in [6.45, 7) is 0.712. The number of urea groups is 1. The summed E-state index contributed by atoms with van der Waals surface area (Å²) in [6, 6.07) is 15.5. The standard InChI is InChI=1S/C31H28F3N5O3S/c1-31(33,34)28(35-2)15-22(13-10-19-8-11-20(32)12-9-19)39-30(40)38-21-6-5-7-23(14-21)43-29-24-16-26(41-3)27(42-4)17-25(24)36-18-37-29/h5-18H,1-4H3,(H2,38,39,40)/b13-10-,22-15+,35-28?. The van der Waals surface area contributed by atoms with E-state index in [0.29, 0.717) is 40.2 Å². The number of aromatic nitrogens is 2. The molecule has 0 bridgehead atoms. The van der Waals surface area contributed by atoms with Gasteiger partial charge in [0.25, 0.3) is 5.92 Å². The van der Waals surface area contributed by atoms with Crippen LogP contribution in [0.4, 0.5) is 23.7 Å². The van der Waals surface area contributed by atoms with Gasteiger partial charge in [-0.1, -0.05) is 36.0 Å². The van der Waals surface area contributed by atoms with Crippen molar-refractivity contribution < 1.29 is 27.4 Å². The van der Waals surface area contributed by atoms with Gasteiger partial charge in [-0.05, 0) is 54.1 Å². The fraction of sp³-hybridized carbons (Fsp3) is 0.161. The Morgan fingerprint density at radius 3 is 2.42 bits per heavy atom. The maximum absolute atomic E-state index is 14.0. The highest BCUT2D eigenvalue weighted by Crippen LogP contribution is 2.37. The van der Waals surface area contributed by atoms with Gasteiger partial charge in [-0.2, -0.15) is 8.78 Å². The second-order valence-electron chi connectivity index (χ2n) is 9.09. The van der Waals surface area contributed by atoms with Crippen LogP contribution in [0.2, 0.25) is 0 Å². The first kappa shape index (κ1) is 31.1. The van der Waals surface area contributed by atoms with Gasteiger partial charge in [0.2, 0.25) is 0 Å². The predicted molar refractivity (Wildman–Crippen MR) is 163 cm³/mol. The lowest BCUT2D eigenvalue weighted by Gasteiger charge is -2.13. The second-order valence-corrected chi connectivity index (χ2v) is 10.2. The summed E-state index contributed by atoms with van der Waals surface area (Å²) < 4.78 is 52.2. The van der Waals surface area contributed by atoms with E-state index < -0.39 is 23.5 Å². The molecule has 0 saturated carbocycles. The van der Waals surface area contributed by atoms with Gasteiger partial charge < -0.3 is 20.1 Å². The van der Waals surface area contributed by atoms with E-state index in [1.807, 2.05) is 6.07 Å². The lowest BCUT2D eigenvalue weighted by atomic mass is 10.1. The molecule has 4 rings (SSSR count). The molecule has 222 valence electrons. The number of rotatable bonds is 10. The van der Waals surface area contributed by atoms with Crippen molar-refractivity contribution in [2.75, 3.05) is 26.6 Å². The summed E-state index contributed by atoms with van der Waals surface area (Å²) in [5.41, 5.74) is 1.24. The number of ether oxygens (including phenoxy) is 2. The summed E-state index contributed by atoms with van der Waals surface area (Å²) in [4.78, 5) is 26.1. The molecule has 0 atom stereocenters. The van der Waals surface area contributed by atoms with E-state index in [4.69, 9.17) is 9.47 Å². The maximum atomic E-state index is 14.0. The van der Waals surface area contributed by atoms with Crippen LogP contribution in [0.15, 0.2) is 99.8 Å². The van der Waals surface area contributed by atoms with Gasteiger partial charge in [0, 0.05) is 41.7 Å². The first-order chi connectivity index (χ1) is 20.6. The highest BCUT2D eigenvalue weighted by molar-refractivity contribution is 7.99. The fourth-order valence-electron chi connectivity index (χ4n) is 3.90. The van der Waals surface area contributed by atoms with Crippen LogP contribution in [-0.2, 0) is 0 Å². The van der Waals surface area contributed by atoms with E-state index in [1.54, 1.807) is 50.6 Å². The Balaban J connectivity index is 1.54. The van der Waals surface area contributed by atoms with Crippen molar-refractivity contribution in [3.8, 4) is 11.5 Å².